The van der Waals surface area contributed by atoms with Crippen molar-refractivity contribution in [2.45, 2.75) is 40.0 Å². The fourth-order valence-electron chi connectivity index (χ4n) is 3.88. The number of carbonyl (C=O) groups is 1. The molecule has 0 saturated carbocycles. The van der Waals surface area contributed by atoms with Crippen molar-refractivity contribution >= 4 is 27.5 Å². The minimum Gasteiger partial charge on any atom is -0.335 e. The Bertz CT molecular complexity index is 801. The number of piperazine rings is 1. The Labute approximate surface area is 167 Å². The second kappa shape index (κ2) is 7.46. The lowest BCUT2D eigenvalue weighted by atomic mass is 9.72. The van der Waals surface area contributed by atoms with Gasteiger partial charge in [0.15, 0.2) is 0 Å². The molecule has 152 valence electrons. The molecule has 1 saturated heterocycles. The van der Waals surface area contributed by atoms with Crippen molar-refractivity contribution in [3.8, 4) is 0 Å². The van der Waals surface area contributed by atoms with Crippen LogP contribution in [0.2, 0.25) is 0 Å². The third-order valence-corrected chi connectivity index (χ3v) is 9.00. The number of fused-ring (bicyclic) bond motifs is 1. The van der Waals surface area contributed by atoms with E-state index in [1.165, 1.54) is 39.6 Å². The lowest BCUT2D eigenvalue weighted by molar-refractivity contribution is 0.0700. The molecule has 1 aliphatic heterocycles. The van der Waals surface area contributed by atoms with Crippen molar-refractivity contribution in [2.75, 3.05) is 40.3 Å². The van der Waals surface area contributed by atoms with E-state index in [2.05, 4.69) is 26.8 Å². The monoisotopic (exact) mass is 413 g/mol. The van der Waals surface area contributed by atoms with Crippen LogP contribution in [0.4, 0.5) is 0 Å². The van der Waals surface area contributed by atoms with Gasteiger partial charge in [-0.2, -0.15) is 17.0 Å². The molecule has 6 nitrogen and oxygen atoms in total. The summed E-state index contributed by atoms with van der Waals surface area (Å²) in [5.74, 6) is 0.700. The van der Waals surface area contributed by atoms with Crippen molar-refractivity contribution in [2.24, 2.45) is 11.3 Å². The van der Waals surface area contributed by atoms with Gasteiger partial charge in [-0.25, -0.2) is 0 Å². The van der Waals surface area contributed by atoms with Gasteiger partial charge in [-0.1, -0.05) is 20.8 Å². The summed E-state index contributed by atoms with van der Waals surface area (Å²) in [6.45, 7) is 8.47. The van der Waals surface area contributed by atoms with Crippen LogP contribution in [-0.2, 0) is 23.1 Å². The number of rotatable bonds is 3. The molecule has 27 heavy (non-hydrogen) atoms. The maximum atomic E-state index is 12.9. The smallest absolute Gasteiger partial charge is 0.281 e. The molecule has 1 amide bonds. The van der Waals surface area contributed by atoms with Crippen LogP contribution in [0.3, 0.4) is 0 Å². The average molecular weight is 414 g/mol. The van der Waals surface area contributed by atoms with Gasteiger partial charge in [0.25, 0.3) is 16.1 Å². The van der Waals surface area contributed by atoms with Crippen LogP contribution >= 0.6 is 11.3 Å². The third-order valence-electron chi connectivity index (χ3n) is 5.83. The molecule has 1 fully saturated rings. The molecule has 0 radical (unpaired) electrons. The quantitative estimate of drug-likeness (QED) is 0.765. The molecule has 0 N–H and O–H groups in total. The van der Waals surface area contributed by atoms with E-state index in [1.807, 2.05) is 0 Å². The van der Waals surface area contributed by atoms with Crippen LogP contribution in [-0.4, -0.2) is 68.1 Å². The SMILES string of the molecule is CN(C)S(=O)(=O)N1CCN(C(=O)c2cc3c(s2)CCC(C(C)(C)C)C3)CC1. The second-order valence-corrected chi connectivity index (χ2v) is 12.1. The Hall–Kier alpha value is -0.960. The van der Waals surface area contributed by atoms with E-state index in [0.717, 1.165) is 17.7 Å². The van der Waals surface area contributed by atoms with Crippen molar-refractivity contribution in [3.63, 3.8) is 0 Å². The normalized spacial score (nSPS) is 22.1. The highest BCUT2D eigenvalue weighted by atomic mass is 32.2. The summed E-state index contributed by atoms with van der Waals surface area (Å²) in [7, 11) is -0.334. The van der Waals surface area contributed by atoms with Crippen LogP contribution in [0.1, 0.15) is 47.3 Å². The molecule has 0 spiro atoms. The van der Waals surface area contributed by atoms with E-state index in [9.17, 15) is 13.2 Å². The first kappa shape index (κ1) is 20.8. The van der Waals surface area contributed by atoms with Crippen LogP contribution < -0.4 is 0 Å². The van der Waals surface area contributed by atoms with Gasteiger partial charge in [0.05, 0.1) is 4.88 Å². The van der Waals surface area contributed by atoms with Gasteiger partial charge in [0.1, 0.15) is 0 Å². The van der Waals surface area contributed by atoms with Gasteiger partial charge in [-0.05, 0) is 42.2 Å². The summed E-state index contributed by atoms with van der Waals surface area (Å²) in [6, 6.07) is 2.09. The Morgan fingerprint density at radius 2 is 1.81 bits per heavy atom. The maximum absolute atomic E-state index is 12.9. The predicted molar refractivity (Wildman–Crippen MR) is 109 cm³/mol. The van der Waals surface area contributed by atoms with Crippen LogP contribution in [0.25, 0.3) is 0 Å². The first-order chi connectivity index (χ1) is 12.5. The van der Waals surface area contributed by atoms with Crippen LogP contribution in [0.5, 0.6) is 0 Å². The minimum absolute atomic E-state index is 0.0450. The number of hydrogen-bond donors (Lipinski definition) is 0. The molecule has 2 aliphatic rings. The van der Waals surface area contributed by atoms with Crippen molar-refractivity contribution in [1.29, 1.82) is 0 Å². The highest BCUT2D eigenvalue weighted by Gasteiger charge is 2.33. The maximum Gasteiger partial charge on any atom is 0.281 e. The lowest BCUT2D eigenvalue weighted by Gasteiger charge is -2.34. The first-order valence-electron chi connectivity index (χ1n) is 9.58. The molecule has 1 atom stereocenters. The summed E-state index contributed by atoms with van der Waals surface area (Å²) in [4.78, 5) is 16.9. The highest BCUT2D eigenvalue weighted by molar-refractivity contribution is 7.86. The molecular formula is C19H31N3O3S2. The Balaban J connectivity index is 1.66. The lowest BCUT2D eigenvalue weighted by Crippen LogP contribution is -2.52. The zero-order valence-electron chi connectivity index (χ0n) is 17.0. The number of hydrogen-bond acceptors (Lipinski definition) is 4. The zero-order chi connectivity index (χ0) is 20.0. The van der Waals surface area contributed by atoms with Gasteiger partial charge >= 0.3 is 0 Å². The van der Waals surface area contributed by atoms with Gasteiger partial charge in [-0.15, -0.1) is 11.3 Å². The first-order valence-corrected chi connectivity index (χ1v) is 11.8. The largest absolute Gasteiger partial charge is 0.335 e. The van der Waals surface area contributed by atoms with Gasteiger partial charge in [0, 0.05) is 45.2 Å². The summed E-state index contributed by atoms with van der Waals surface area (Å²) in [6.07, 6.45) is 3.30. The number of carbonyl (C=O) groups excluding carboxylic acids is 1. The minimum atomic E-state index is -3.40. The molecule has 0 aromatic carbocycles. The van der Waals surface area contributed by atoms with Crippen molar-refractivity contribution in [3.05, 3.63) is 21.4 Å². The van der Waals surface area contributed by atoms with E-state index in [4.69, 9.17) is 0 Å². The van der Waals surface area contributed by atoms with E-state index in [0.29, 0.717) is 32.1 Å². The Kier molecular flexibility index (Phi) is 5.74. The van der Waals surface area contributed by atoms with Gasteiger partial charge in [-0.3, -0.25) is 4.79 Å². The van der Waals surface area contributed by atoms with Crippen LogP contribution in [0, 0.1) is 11.3 Å². The average Bonchev–Trinajstić information content (AvgIpc) is 3.03. The van der Waals surface area contributed by atoms with Gasteiger partial charge < -0.3 is 4.90 Å². The Morgan fingerprint density at radius 1 is 1.19 bits per heavy atom. The van der Waals surface area contributed by atoms with Crippen LogP contribution in [0.15, 0.2) is 6.07 Å². The Morgan fingerprint density at radius 3 is 2.37 bits per heavy atom. The van der Waals surface area contributed by atoms with E-state index in [-0.39, 0.29) is 11.3 Å². The molecular weight excluding hydrogens is 382 g/mol. The summed E-state index contributed by atoms with van der Waals surface area (Å²) >= 11 is 1.63. The third kappa shape index (κ3) is 4.23. The molecule has 1 unspecified atom stereocenters. The molecule has 2 heterocycles. The fourth-order valence-corrected chi connectivity index (χ4v) is 6.14. The van der Waals surface area contributed by atoms with E-state index >= 15 is 0 Å². The zero-order valence-corrected chi connectivity index (χ0v) is 18.6. The fraction of sp³-hybridized carbons (Fsp3) is 0.737. The van der Waals surface area contributed by atoms with E-state index in [1.54, 1.807) is 16.2 Å². The number of nitrogens with zero attached hydrogens (tertiary/aromatic N) is 3. The molecule has 3 rings (SSSR count). The highest BCUT2D eigenvalue weighted by Crippen LogP contribution is 2.40. The summed E-state index contributed by atoms with van der Waals surface area (Å²) < 4.78 is 27.1. The van der Waals surface area contributed by atoms with E-state index < -0.39 is 10.2 Å². The summed E-state index contributed by atoms with van der Waals surface area (Å²) in [5, 5.41) is 0. The predicted octanol–water partition coefficient (Wildman–Crippen LogP) is 2.46. The molecule has 0 bridgehead atoms. The standard InChI is InChI=1S/C19H31N3O3S2/c1-19(2,3)15-6-7-16-14(12-15)13-17(26-16)18(23)21-8-10-22(11-9-21)27(24,25)20(4)5/h13,15H,6-12H2,1-5H3. The second-order valence-electron chi connectivity index (χ2n) is 8.85. The number of thiophene rings is 1. The molecule has 1 aliphatic carbocycles. The van der Waals surface area contributed by atoms with Crippen molar-refractivity contribution < 1.29 is 13.2 Å². The molecule has 1 aromatic rings. The van der Waals surface area contributed by atoms with Crippen molar-refractivity contribution in [1.82, 2.24) is 13.5 Å². The molecule has 1 aromatic heterocycles. The number of amides is 1. The van der Waals surface area contributed by atoms with Gasteiger partial charge in [0.2, 0.25) is 0 Å². The summed E-state index contributed by atoms with van der Waals surface area (Å²) in [5.41, 5.74) is 1.63. The molecule has 8 heteroatoms. The topological polar surface area (TPSA) is 60.9 Å². The number of aryl methyl sites for hydroxylation is 1.